The second-order valence-electron chi connectivity index (χ2n) is 5.58. The van der Waals surface area contributed by atoms with Gasteiger partial charge >= 0.3 is 0 Å². The summed E-state index contributed by atoms with van der Waals surface area (Å²) in [4.78, 5) is 4.35. The number of aliphatic imine (C=N–C) groups is 1. The lowest BCUT2D eigenvalue weighted by atomic mass is 10.1. The molecule has 0 spiro atoms. The second kappa shape index (κ2) is 8.58. The van der Waals surface area contributed by atoms with E-state index in [9.17, 15) is 0 Å². The maximum absolute atomic E-state index is 6.10. The number of rotatable bonds is 6. The molecule has 0 saturated heterocycles. The highest BCUT2D eigenvalue weighted by Gasteiger charge is 2.04. The number of hydrogen-bond donors (Lipinski definition) is 0. The molecule has 0 amide bonds. The zero-order chi connectivity index (χ0) is 16.8. The molecule has 0 radical (unpaired) electrons. The molecule has 0 aliphatic heterocycles. The number of nitrogens with zero attached hydrogens (tertiary/aromatic N) is 1. The molecule has 2 aromatic carbocycles. The third kappa shape index (κ3) is 5.72. The molecule has 0 fully saturated rings. The van der Waals surface area contributed by atoms with E-state index in [-0.39, 0.29) is 0 Å². The summed E-state index contributed by atoms with van der Waals surface area (Å²) in [6.45, 7) is 5.08. The molecule has 0 N–H and O–H groups in total. The van der Waals surface area contributed by atoms with E-state index in [2.05, 4.69) is 18.8 Å². The van der Waals surface area contributed by atoms with Crippen LogP contribution in [0.3, 0.4) is 0 Å². The van der Waals surface area contributed by atoms with Gasteiger partial charge in [-0.25, -0.2) is 0 Å². The zero-order valence-corrected chi connectivity index (χ0v) is 15.3. The highest BCUT2D eigenvalue weighted by atomic mass is 35.5. The van der Waals surface area contributed by atoms with Crippen LogP contribution in [0.15, 0.2) is 41.4 Å². The van der Waals surface area contributed by atoms with Crippen LogP contribution in [0.2, 0.25) is 15.1 Å². The molecule has 2 aromatic rings. The van der Waals surface area contributed by atoms with Gasteiger partial charge in [0.15, 0.2) is 0 Å². The Hall–Kier alpha value is -1.22. The molecule has 0 aliphatic carbocycles. The van der Waals surface area contributed by atoms with Crippen LogP contribution in [0.4, 0.5) is 5.69 Å². The molecule has 122 valence electrons. The van der Waals surface area contributed by atoms with Gasteiger partial charge in [0.2, 0.25) is 0 Å². The van der Waals surface area contributed by atoms with Gasteiger partial charge in [0.1, 0.15) is 5.75 Å². The largest absolute Gasteiger partial charge is 0.494 e. The molecule has 5 heteroatoms. The summed E-state index contributed by atoms with van der Waals surface area (Å²) >= 11 is 18.0. The summed E-state index contributed by atoms with van der Waals surface area (Å²) in [6.07, 6.45) is 2.77. The predicted molar refractivity (Wildman–Crippen MR) is 100 cm³/mol. The third-order valence-corrected chi connectivity index (χ3v) is 4.21. The minimum Gasteiger partial charge on any atom is -0.494 e. The van der Waals surface area contributed by atoms with Crippen LogP contribution in [0, 0.1) is 5.92 Å². The highest BCUT2D eigenvalue weighted by Crippen LogP contribution is 2.33. The van der Waals surface area contributed by atoms with Crippen molar-refractivity contribution in [3.63, 3.8) is 0 Å². The van der Waals surface area contributed by atoms with Crippen LogP contribution in [-0.4, -0.2) is 12.8 Å². The van der Waals surface area contributed by atoms with Crippen LogP contribution in [0.5, 0.6) is 5.75 Å². The van der Waals surface area contributed by atoms with Gasteiger partial charge in [-0.3, -0.25) is 4.99 Å². The van der Waals surface area contributed by atoms with Gasteiger partial charge in [-0.2, -0.15) is 0 Å². The fraction of sp³-hybridized carbons (Fsp3) is 0.278. The summed E-state index contributed by atoms with van der Waals surface area (Å²) in [5.41, 5.74) is 1.53. The van der Waals surface area contributed by atoms with Crippen molar-refractivity contribution in [3.05, 3.63) is 57.0 Å². The van der Waals surface area contributed by atoms with E-state index in [1.165, 1.54) is 0 Å². The molecule has 0 aliphatic rings. The molecule has 23 heavy (non-hydrogen) atoms. The monoisotopic (exact) mass is 369 g/mol. The van der Waals surface area contributed by atoms with E-state index >= 15 is 0 Å². The first-order chi connectivity index (χ1) is 11.0. The second-order valence-corrected chi connectivity index (χ2v) is 6.80. The first-order valence-electron chi connectivity index (χ1n) is 7.37. The Balaban J connectivity index is 2.02. The van der Waals surface area contributed by atoms with Crippen LogP contribution in [0.25, 0.3) is 0 Å². The Morgan fingerprint density at radius 1 is 1.00 bits per heavy atom. The molecular formula is C18H18Cl3NO. The third-order valence-electron chi connectivity index (χ3n) is 3.19. The topological polar surface area (TPSA) is 21.6 Å². The first-order valence-corrected chi connectivity index (χ1v) is 8.50. The van der Waals surface area contributed by atoms with Crippen LogP contribution >= 0.6 is 34.8 Å². The minimum atomic E-state index is 0.415. The maximum atomic E-state index is 6.10. The molecule has 0 saturated carbocycles. The summed E-state index contributed by atoms with van der Waals surface area (Å²) in [7, 11) is 0. The van der Waals surface area contributed by atoms with Crippen molar-refractivity contribution in [3.8, 4) is 5.75 Å². The van der Waals surface area contributed by atoms with Gasteiger partial charge in [-0.05, 0) is 54.3 Å². The Bertz CT molecular complexity index is 681. The van der Waals surface area contributed by atoms with Gasteiger partial charge < -0.3 is 4.74 Å². The molecule has 2 rings (SSSR count). The first kappa shape index (κ1) is 18.1. The fourth-order valence-corrected chi connectivity index (χ4v) is 2.41. The van der Waals surface area contributed by atoms with Crippen LogP contribution in [-0.2, 0) is 0 Å². The lowest BCUT2D eigenvalue weighted by Crippen LogP contribution is -2.01. The van der Waals surface area contributed by atoms with Crippen molar-refractivity contribution in [1.82, 2.24) is 0 Å². The Morgan fingerprint density at radius 3 is 2.30 bits per heavy atom. The number of hydrogen-bond acceptors (Lipinski definition) is 2. The fourth-order valence-electron chi connectivity index (χ4n) is 1.82. The van der Waals surface area contributed by atoms with E-state index < -0.39 is 0 Å². The van der Waals surface area contributed by atoms with Crippen LogP contribution in [0.1, 0.15) is 25.8 Å². The molecule has 2 nitrogen and oxygen atoms in total. The van der Waals surface area contributed by atoms with Crippen molar-refractivity contribution in [2.75, 3.05) is 6.61 Å². The van der Waals surface area contributed by atoms with E-state index in [0.29, 0.717) is 26.7 Å². The quantitative estimate of drug-likeness (QED) is 0.403. The van der Waals surface area contributed by atoms with E-state index in [0.717, 1.165) is 24.3 Å². The SMILES string of the molecule is CC(C)CCOc1ccc(C=Nc2cc(Cl)c(Cl)cc2Cl)cc1. The lowest BCUT2D eigenvalue weighted by molar-refractivity contribution is 0.289. The van der Waals surface area contributed by atoms with Crippen molar-refractivity contribution < 1.29 is 4.74 Å². The smallest absolute Gasteiger partial charge is 0.119 e. The number of halogens is 3. The Labute approximate surface area is 152 Å². The van der Waals surface area contributed by atoms with Gasteiger partial charge in [0, 0.05) is 6.21 Å². The number of ether oxygens (including phenoxy) is 1. The average Bonchev–Trinajstić information content (AvgIpc) is 2.50. The lowest BCUT2D eigenvalue weighted by Gasteiger charge is -2.08. The maximum Gasteiger partial charge on any atom is 0.119 e. The molecule has 0 bridgehead atoms. The minimum absolute atomic E-state index is 0.415. The molecule has 0 atom stereocenters. The summed E-state index contributed by atoms with van der Waals surface area (Å²) in [5, 5.41) is 1.31. The van der Waals surface area contributed by atoms with Crippen LogP contribution < -0.4 is 4.74 Å². The molecule has 0 unspecified atom stereocenters. The molecule has 0 aromatic heterocycles. The summed E-state index contributed by atoms with van der Waals surface area (Å²) in [6, 6.07) is 11.0. The zero-order valence-electron chi connectivity index (χ0n) is 13.0. The summed E-state index contributed by atoms with van der Waals surface area (Å²) in [5.74, 6) is 1.49. The Morgan fingerprint density at radius 2 is 1.65 bits per heavy atom. The normalized spacial score (nSPS) is 11.4. The standard InChI is InChI=1S/C18H18Cl3NO/c1-12(2)7-8-23-14-5-3-13(4-6-14)11-22-18-10-16(20)15(19)9-17(18)21/h3-6,9-12H,7-8H2,1-2H3. The van der Waals surface area contributed by atoms with Gasteiger partial charge in [-0.1, -0.05) is 48.7 Å². The Kier molecular flexibility index (Phi) is 6.76. The molecule has 0 heterocycles. The van der Waals surface area contributed by atoms with Gasteiger partial charge in [0.05, 0.1) is 27.4 Å². The predicted octanol–water partition coefficient (Wildman–Crippen LogP) is 6.82. The van der Waals surface area contributed by atoms with Crippen molar-refractivity contribution in [2.24, 2.45) is 10.9 Å². The van der Waals surface area contributed by atoms with Gasteiger partial charge in [-0.15, -0.1) is 0 Å². The van der Waals surface area contributed by atoms with Gasteiger partial charge in [0.25, 0.3) is 0 Å². The van der Waals surface area contributed by atoms with Crippen molar-refractivity contribution in [2.45, 2.75) is 20.3 Å². The van der Waals surface area contributed by atoms with E-state index in [4.69, 9.17) is 39.5 Å². The van der Waals surface area contributed by atoms with Crippen molar-refractivity contribution >= 4 is 46.7 Å². The average molecular weight is 371 g/mol. The van der Waals surface area contributed by atoms with E-state index in [1.54, 1.807) is 18.3 Å². The number of benzene rings is 2. The summed E-state index contributed by atoms with van der Waals surface area (Å²) < 4.78 is 5.68. The van der Waals surface area contributed by atoms with E-state index in [1.807, 2.05) is 24.3 Å². The highest BCUT2D eigenvalue weighted by molar-refractivity contribution is 6.43. The molecular weight excluding hydrogens is 353 g/mol. The van der Waals surface area contributed by atoms with Crippen molar-refractivity contribution in [1.29, 1.82) is 0 Å².